The van der Waals surface area contributed by atoms with E-state index in [1.165, 1.54) is 32.1 Å². The number of fused-ring (bicyclic) bond motifs is 1. The first kappa shape index (κ1) is 16.8. The highest BCUT2D eigenvalue weighted by Gasteiger charge is 2.16. The molecule has 2 aromatic rings. The molecule has 5 heteroatoms. The molecule has 0 spiro atoms. The van der Waals surface area contributed by atoms with Gasteiger partial charge in [0.15, 0.2) is 5.65 Å². The Hall–Kier alpha value is -0.610. The van der Waals surface area contributed by atoms with E-state index in [2.05, 4.69) is 39.3 Å². The minimum atomic E-state index is 0.416. The standard InChI is InChI=1S/C16H23BrClN3/c1-3-4-5-6-7-12(2)21-15(8-9-18)20-14-10-13(17)11-19-16(14)21/h10-12H,3-9H2,1-2H3. The molecule has 0 saturated heterocycles. The Labute approximate surface area is 140 Å². The number of imidazole rings is 1. The maximum absolute atomic E-state index is 5.93. The van der Waals surface area contributed by atoms with E-state index >= 15 is 0 Å². The second-order valence-electron chi connectivity index (χ2n) is 5.53. The summed E-state index contributed by atoms with van der Waals surface area (Å²) in [6.45, 7) is 4.50. The normalized spacial score (nSPS) is 13.0. The van der Waals surface area contributed by atoms with Gasteiger partial charge in [-0.25, -0.2) is 9.97 Å². The number of aryl methyl sites for hydroxylation is 1. The summed E-state index contributed by atoms with van der Waals surface area (Å²) in [6, 6.07) is 2.44. The minimum Gasteiger partial charge on any atom is -0.310 e. The van der Waals surface area contributed by atoms with Crippen LogP contribution in [0.25, 0.3) is 11.2 Å². The second-order valence-corrected chi connectivity index (χ2v) is 6.83. The summed E-state index contributed by atoms with van der Waals surface area (Å²) in [6.07, 6.45) is 8.94. The van der Waals surface area contributed by atoms with Gasteiger partial charge in [0.25, 0.3) is 0 Å². The van der Waals surface area contributed by atoms with Crippen LogP contribution in [0, 0.1) is 0 Å². The zero-order valence-corrected chi connectivity index (χ0v) is 15.1. The highest BCUT2D eigenvalue weighted by atomic mass is 79.9. The van der Waals surface area contributed by atoms with Crippen molar-refractivity contribution in [2.24, 2.45) is 0 Å². The molecule has 21 heavy (non-hydrogen) atoms. The highest BCUT2D eigenvalue weighted by molar-refractivity contribution is 9.10. The van der Waals surface area contributed by atoms with Gasteiger partial charge in [0.05, 0.1) is 0 Å². The van der Waals surface area contributed by atoms with Crippen LogP contribution >= 0.6 is 27.5 Å². The SMILES string of the molecule is CCCCCCC(C)n1c(CCCl)nc2cc(Br)cnc21. The predicted octanol–water partition coefficient (Wildman–Crippen LogP) is 5.51. The lowest BCUT2D eigenvalue weighted by Gasteiger charge is -2.16. The van der Waals surface area contributed by atoms with Crippen molar-refractivity contribution in [1.29, 1.82) is 0 Å². The molecule has 0 aliphatic carbocycles. The molecule has 0 amide bonds. The number of hydrogen-bond acceptors (Lipinski definition) is 2. The van der Waals surface area contributed by atoms with Gasteiger partial charge in [0.2, 0.25) is 0 Å². The first-order chi connectivity index (χ1) is 10.2. The molecule has 0 N–H and O–H groups in total. The van der Waals surface area contributed by atoms with Crippen molar-refractivity contribution in [3.8, 4) is 0 Å². The molecule has 1 atom stereocenters. The van der Waals surface area contributed by atoms with Gasteiger partial charge in [-0.1, -0.05) is 32.6 Å². The lowest BCUT2D eigenvalue weighted by Crippen LogP contribution is -2.10. The van der Waals surface area contributed by atoms with Crippen molar-refractivity contribution in [2.45, 2.75) is 58.4 Å². The van der Waals surface area contributed by atoms with Crippen molar-refractivity contribution in [3.63, 3.8) is 0 Å². The molecular formula is C16H23BrClN3. The average molecular weight is 373 g/mol. The molecule has 2 aromatic heterocycles. The Bertz CT molecular complexity index is 582. The van der Waals surface area contributed by atoms with Crippen LogP contribution in [-0.4, -0.2) is 20.4 Å². The number of pyridine rings is 1. The Morgan fingerprint density at radius 1 is 1.33 bits per heavy atom. The van der Waals surface area contributed by atoms with Gasteiger partial charge in [-0.05, 0) is 35.3 Å². The van der Waals surface area contributed by atoms with Gasteiger partial charge < -0.3 is 4.57 Å². The Morgan fingerprint density at radius 2 is 2.14 bits per heavy atom. The Kier molecular flexibility index (Phi) is 6.49. The molecule has 3 nitrogen and oxygen atoms in total. The van der Waals surface area contributed by atoms with Crippen LogP contribution in [0.2, 0.25) is 0 Å². The molecule has 116 valence electrons. The van der Waals surface area contributed by atoms with Crippen LogP contribution in [-0.2, 0) is 6.42 Å². The largest absolute Gasteiger partial charge is 0.310 e. The fourth-order valence-corrected chi connectivity index (χ4v) is 3.21. The minimum absolute atomic E-state index is 0.416. The number of hydrogen-bond donors (Lipinski definition) is 0. The first-order valence-electron chi connectivity index (χ1n) is 7.75. The smallest absolute Gasteiger partial charge is 0.160 e. The van der Waals surface area contributed by atoms with E-state index in [9.17, 15) is 0 Å². The zero-order chi connectivity index (χ0) is 15.2. The van der Waals surface area contributed by atoms with Gasteiger partial charge in [-0.2, -0.15) is 0 Å². The zero-order valence-electron chi connectivity index (χ0n) is 12.8. The third-order valence-corrected chi connectivity index (χ3v) is 4.43. The lowest BCUT2D eigenvalue weighted by atomic mass is 10.1. The van der Waals surface area contributed by atoms with Crippen molar-refractivity contribution < 1.29 is 0 Å². The van der Waals surface area contributed by atoms with Crippen LogP contribution in [0.3, 0.4) is 0 Å². The van der Waals surface area contributed by atoms with E-state index in [4.69, 9.17) is 16.6 Å². The average Bonchev–Trinajstić information content (AvgIpc) is 2.81. The number of aromatic nitrogens is 3. The van der Waals surface area contributed by atoms with E-state index in [1.807, 2.05) is 12.3 Å². The first-order valence-corrected chi connectivity index (χ1v) is 9.08. The summed E-state index contributed by atoms with van der Waals surface area (Å²) >= 11 is 9.40. The molecule has 0 saturated carbocycles. The Balaban J connectivity index is 2.24. The monoisotopic (exact) mass is 371 g/mol. The summed E-state index contributed by atoms with van der Waals surface area (Å²) in [5.41, 5.74) is 1.92. The molecule has 0 bridgehead atoms. The van der Waals surface area contributed by atoms with Crippen molar-refractivity contribution in [3.05, 3.63) is 22.6 Å². The van der Waals surface area contributed by atoms with E-state index in [1.54, 1.807) is 0 Å². The molecular weight excluding hydrogens is 350 g/mol. The van der Waals surface area contributed by atoms with Crippen LogP contribution in [0.4, 0.5) is 0 Å². The Morgan fingerprint density at radius 3 is 2.86 bits per heavy atom. The summed E-state index contributed by atoms with van der Waals surface area (Å²) in [7, 11) is 0. The van der Waals surface area contributed by atoms with E-state index in [-0.39, 0.29) is 0 Å². The third kappa shape index (κ3) is 4.19. The maximum Gasteiger partial charge on any atom is 0.160 e. The van der Waals surface area contributed by atoms with Crippen LogP contribution in [0.5, 0.6) is 0 Å². The lowest BCUT2D eigenvalue weighted by molar-refractivity contribution is 0.468. The molecule has 0 aromatic carbocycles. The van der Waals surface area contributed by atoms with E-state index in [0.29, 0.717) is 11.9 Å². The fraction of sp³-hybridized carbons (Fsp3) is 0.625. The molecule has 2 rings (SSSR count). The second kappa shape index (κ2) is 8.14. The van der Waals surface area contributed by atoms with E-state index in [0.717, 1.165) is 27.9 Å². The van der Waals surface area contributed by atoms with E-state index < -0.39 is 0 Å². The number of halogens is 2. The topological polar surface area (TPSA) is 30.7 Å². The van der Waals surface area contributed by atoms with Gasteiger partial charge in [0, 0.05) is 29.0 Å². The van der Waals surface area contributed by atoms with Crippen molar-refractivity contribution in [2.75, 3.05) is 5.88 Å². The molecule has 0 fully saturated rings. The number of rotatable bonds is 8. The van der Waals surface area contributed by atoms with Gasteiger partial charge >= 0.3 is 0 Å². The number of unbranched alkanes of at least 4 members (excludes halogenated alkanes) is 3. The predicted molar refractivity (Wildman–Crippen MR) is 93.1 cm³/mol. The highest BCUT2D eigenvalue weighted by Crippen LogP contribution is 2.25. The van der Waals surface area contributed by atoms with Gasteiger partial charge in [-0.3, -0.25) is 0 Å². The van der Waals surface area contributed by atoms with Gasteiger partial charge in [-0.15, -0.1) is 11.6 Å². The van der Waals surface area contributed by atoms with Gasteiger partial charge in [0.1, 0.15) is 11.3 Å². The number of nitrogens with zero attached hydrogens (tertiary/aromatic N) is 3. The quantitative estimate of drug-likeness (QED) is 0.452. The molecule has 0 aliphatic rings. The molecule has 2 heterocycles. The fourth-order valence-electron chi connectivity index (χ4n) is 2.72. The summed E-state index contributed by atoms with van der Waals surface area (Å²) in [4.78, 5) is 9.27. The molecule has 0 aliphatic heterocycles. The molecule has 1 unspecified atom stereocenters. The molecule has 0 radical (unpaired) electrons. The van der Waals surface area contributed by atoms with Crippen LogP contribution in [0.1, 0.15) is 57.8 Å². The van der Waals surface area contributed by atoms with Crippen molar-refractivity contribution in [1.82, 2.24) is 14.5 Å². The summed E-state index contributed by atoms with van der Waals surface area (Å²) < 4.78 is 3.24. The van der Waals surface area contributed by atoms with Crippen LogP contribution in [0.15, 0.2) is 16.7 Å². The number of alkyl halides is 1. The van der Waals surface area contributed by atoms with Crippen LogP contribution < -0.4 is 0 Å². The maximum atomic E-state index is 5.93. The third-order valence-electron chi connectivity index (χ3n) is 3.80. The van der Waals surface area contributed by atoms with Crippen molar-refractivity contribution >= 4 is 38.7 Å². The summed E-state index contributed by atoms with van der Waals surface area (Å²) in [5, 5.41) is 0. The summed E-state index contributed by atoms with van der Waals surface area (Å²) in [5.74, 6) is 1.64.